The first kappa shape index (κ1) is 20.8. The summed E-state index contributed by atoms with van der Waals surface area (Å²) in [6.45, 7) is 0. The van der Waals surface area contributed by atoms with Crippen LogP contribution in [0.5, 0.6) is 0 Å². The zero-order valence-electron chi connectivity index (χ0n) is 20.1. The van der Waals surface area contributed by atoms with Crippen molar-refractivity contribution in [2.75, 3.05) is 0 Å². The molecule has 8 rings (SSSR count). The molecule has 0 aliphatic carbocycles. The Kier molecular flexibility index (Phi) is 4.42. The Hall–Kier alpha value is -5.36. The lowest BCUT2D eigenvalue weighted by Gasteiger charge is -2.07. The molecule has 0 spiro atoms. The zero-order chi connectivity index (χ0) is 25.1. The Morgan fingerprint density at radius 1 is 0.526 bits per heavy atom. The molecule has 0 N–H and O–H groups in total. The standard InChI is InChI=1S/C32H19N5O/c1-2-8-20(9-3-1)22-11-6-12-24-29-31(38-30(22)24)25(15-17-34-29)32-35-18-21(19-36-32)37-26-13-5-4-10-23(26)28-27(37)14-7-16-33-28/h1-19H. The Balaban J connectivity index is 1.29. The largest absolute Gasteiger partial charge is 0.453 e. The van der Waals surface area contributed by atoms with Crippen molar-refractivity contribution < 1.29 is 4.42 Å². The molecule has 0 aliphatic heterocycles. The second kappa shape index (κ2) is 8.08. The van der Waals surface area contributed by atoms with Gasteiger partial charge in [-0.1, -0.05) is 60.7 Å². The van der Waals surface area contributed by atoms with Gasteiger partial charge in [-0.2, -0.15) is 0 Å². The van der Waals surface area contributed by atoms with Crippen molar-refractivity contribution in [2.45, 2.75) is 0 Å². The van der Waals surface area contributed by atoms with Gasteiger partial charge in [0, 0.05) is 28.7 Å². The molecule has 3 aromatic carbocycles. The minimum atomic E-state index is 0.584. The molecule has 6 heteroatoms. The van der Waals surface area contributed by atoms with E-state index >= 15 is 0 Å². The van der Waals surface area contributed by atoms with Crippen molar-refractivity contribution in [1.29, 1.82) is 0 Å². The van der Waals surface area contributed by atoms with Gasteiger partial charge in [0.1, 0.15) is 11.1 Å². The van der Waals surface area contributed by atoms with E-state index in [1.165, 1.54) is 0 Å². The van der Waals surface area contributed by atoms with Gasteiger partial charge in [-0.3, -0.25) is 9.97 Å². The van der Waals surface area contributed by atoms with Crippen LogP contribution in [0.4, 0.5) is 0 Å². The lowest BCUT2D eigenvalue weighted by Crippen LogP contribution is -1.98. The van der Waals surface area contributed by atoms with Crippen LogP contribution in [-0.2, 0) is 0 Å². The number of furan rings is 1. The first-order valence-electron chi connectivity index (χ1n) is 12.4. The van der Waals surface area contributed by atoms with Gasteiger partial charge in [-0.15, -0.1) is 0 Å². The van der Waals surface area contributed by atoms with Gasteiger partial charge in [-0.05, 0) is 35.9 Å². The summed E-state index contributed by atoms with van der Waals surface area (Å²) in [6, 6.07) is 30.6. The third-order valence-corrected chi connectivity index (χ3v) is 7.03. The van der Waals surface area contributed by atoms with E-state index < -0.39 is 0 Å². The molecule has 8 aromatic rings. The van der Waals surface area contributed by atoms with Crippen molar-refractivity contribution in [3.8, 4) is 28.2 Å². The number of nitrogens with zero attached hydrogens (tertiary/aromatic N) is 5. The normalized spacial score (nSPS) is 11.7. The predicted octanol–water partition coefficient (Wildman–Crippen LogP) is 7.60. The van der Waals surface area contributed by atoms with E-state index in [2.05, 4.69) is 50.9 Å². The molecular weight excluding hydrogens is 470 g/mol. The highest BCUT2D eigenvalue weighted by atomic mass is 16.3. The van der Waals surface area contributed by atoms with Gasteiger partial charge in [-0.25, -0.2) is 9.97 Å². The Morgan fingerprint density at radius 3 is 2.18 bits per heavy atom. The van der Waals surface area contributed by atoms with Gasteiger partial charge in [0.2, 0.25) is 0 Å². The maximum atomic E-state index is 6.49. The van der Waals surface area contributed by atoms with E-state index in [1.807, 2.05) is 73.2 Å². The Morgan fingerprint density at radius 2 is 1.29 bits per heavy atom. The molecule has 0 atom stereocenters. The van der Waals surface area contributed by atoms with Crippen LogP contribution in [-0.4, -0.2) is 24.5 Å². The highest BCUT2D eigenvalue weighted by Gasteiger charge is 2.18. The second-order valence-electron chi connectivity index (χ2n) is 9.18. The number of rotatable bonds is 3. The molecule has 5 heterocycles. The molecule has 0 radical (unpaired) electrons. The van der Waals surface area contributed by atoms with Gasteiger partial charge in [0.25, 0.3) is 0 Å². The summed E-state index contributed by atoms with van der Waals surface area (Å²) >= 11 is 0. The van der Waals surface area contributed by atoms with E-state index in [0.717, 1.165) is 60.8 Å². The molecule has 0 saturated carbocycles. The lowest BCUT2D eigenvalue weighted by atomic mass is 10.0. The maximum absolute atomic E-state index is 6.49. The average molecular weight is 490 g/mol. The van der Waals surface area contributed by atoms with Gasteiger partial charge >= 0.3 is 0 Å². The summed E-state index contributed by atoms with van der Waals surface area (Å²) < 4.78 is 8.64. The number of hydrogen-bond donors (Lipinski definition) is 0. The number of pyridine rings is 2. The number of para-hydroxylation sites is 2. The van der Waals surface area contributed by atoms with Crippen molar-refractivity contribution in [3.05, 3.63) is 116 Å². The van der Waals surface area contributed by atoms with E-state index in [1.54, 1.807) is 6.20 Å². The minimum absolute atomic E-state index is 0.584. The fourth-order valence-electron chi connectivity index (χ4n) is 5.34. The van der Waals surface area contributed by atoms with Gasteiger partial charge < -0.3 is 8.98 Å². The summed E-state index contributed by atoms with van der Waals surface area (Å²) in [5.41, 5.74) is 9.13. The van der Waals surface area contributed by atoms with Crippen molar-refractivity contribution in [1.82, 2.24) is 24.5 Å². The molecule has 0 saturated heterocycles. The lowest BCUT2D eigenvalue weighted by molar-refractivity contribution is 0.670. The molecule has 5 aromatic heterocycles. The molecule has 38 heavy (non-hydrogen) atoms. The summed E-state index contributed by atoms with van der Waals surface area (Å²) in [5, 5.41) is 2.07. The summed E-state index contributed by atoms with van der Waals surface area (Å²) in [7, 11) is 0. The third-order valence-electron chi connectivity index (χ3n) is 7.03. The first-order chi connectivity index (χ1) is 18.9. The van der Waals surface area contributed by atoms with Gasteiger partial charge in [0.05, 0.1) is 40.2 Å². The van der Waals surface area contributed by atoms with Crippen LogP contribution in [0.1, 0.15) is 0 Å². The van der Waals surface area contributed by atoms with Crippen molar-refractivity contribution in [2.24, 2.45) is 0 Å². The molecular formula is C32H19N5O. The van der Waals surface area contributed by atoms with Crippen LogP contribution >= 0.6 is 0 Å². The highest BCUT2D eigenvalue weighted by Crippen LogP contribution is 2.38. The van der Waals surface area contributed by atoms with E-state index in [0.29, 0.717) is 11.4 Å². The molecule has 0 fully saturated rings. The molecule has 178 valence electrons. The summed E-state index contributed by atoms with van der Waals surface area (Å²) in [6.07, 6.45) is 7.32. The third kappa shape index (κ3) is 3.01. The molecule has 0 bridgehead atoms. The molecule has 0 aliphatic rings. The smallest absolute Gasteiger partial charge is 0.164 e. The van der Waals surface area contributed by atoms with Crippen molar-refractivity contribution in [3.63, 3.8) is 0 Å². The molecule has 0 unspecified atom stereocenters. The summed E-state index contributed by atoms with van der Waals surface area (Å²) in [4.78, 5) is 18.8. The first-order valence-corrected chi connectivity index (χ1v) is 12.4. The quantitative estimate of drug-likeness (QED) is 0.256. The number of aromatic nitrogens is 5. The van der Waals surface area contributed by atoms with Crippen LogP contribution in [0, 0.1) is 0 Å². The molecule has 0 amide bonds. The maximum Gasteiger partial charge on any atom is 0.164 e. The Labute approximate surface area is 216 Å². The van der Waals surface area contributed by atoms with E-state index in [9.17, 15) is 0 Å². The fourth-order valence-corrected chi connectivity index (χ4v) is 5.34. The van der Waals surface area contributed by atoms with E-state index in [4.69, 9.17) is 14.4 Å². The van der Waals surface area contributed by atoms with Crippen LogP contribution < -0.4 is 0 Å². The second-order valence-corrected chi connectivity index (χ2v) is 9.18. The average Bonchev–Trinajstić information content (AvgIpc) is 3.54. The summed E-state index contributed by atoms with van der Waals surface area (Å²) in [5.74, 6) is 0.584. The van der Waals surface area contributed by atoms with Crippen molar-refractivity contribution >= 4 is 44.0 Å². The fraction of sp³-hybridized carbons (Fsp3) is 0. The van der Waals surface area contributed by atoms with Gasteiger partial charge in [0.15, 0.2) is 11.4 Å². The highest BCUT2D eigenvalue weighted by molar-refractivity contribution is 6.10. The number of fused-ring (bicyclic) bond motifs is 6. The number of hydrogen-bond acceptors (Lipinski definition) is 5. The van der Waals surface area contributed by atoms with Crippen LogP contribution in [0.2, 0.25) is 0 Å². The van der Waals surface area contributed by atoms with Crippen LogP contribution in [0.3, 0.4) is 0 Å². The monoisotopic (exact) mass is 489 g/mol. The molecule has 6 nitrogen and oxygen atoms in total. The van der Waals surface area contributed by atoms with Crippen LogP contribution in [0.15, 0.2) is 120 Å². The Bertz CT molecular complexity index is 2070. The van der Waals surface area contributed by atoms with Crippen LogP contribution in [0.25, 0.3) is 72.2 Å². The van der Waals surface area contributed by atoms with E-state index in [-0.39, 0.29) is 0 Å². The topological polar surface area (TPSA) is 69.6 Å². The zero-order valence-corrected chi connectivity index (χ0v) is 20.1. The predicted molar refractivity (Wildman–Crippen MR) is 150 cm³/mol. The SMILES string of the molecule is c1ccc(-c2cccc3c2oc2c(-c4ncc(-n5c6ccccc6c6ncccc65)cn4)ccnc23)cc1. The number of benzene rings is 3. The minimum Gasteiger partial charge on any atom is -0.453 e.